The number of benzene rings is 2. The van der Waals surface area contributed by atoms with Gasteiger partial charge in [0, 0.05) is 4.91 Å². The van der Waals surface area contributed by atoms with Gasteiger partial charge in [0.2, 0.25) is 0 Å². The van der Waals surface area contributed by atoms with E-state index in [9.17, 15) is 8.42 Å². The number of sulfonamides is 1. The lowest BCUT2D eigenvalue weighted by molar-refractivity contribution is 0.416. The summed E-state index contributed by atoms with van der Waals surface area (Å²) in [5.41, 5.74) is 3.75. The molecule has 1 N–H and O–H groups in total. The molecule has 0 saturated carbocycles. The van der Waals surface area contributed by atoms with E-state index in [-0.39, 0.29) is 4.90 Å². The molecular weight excluding hydrogens is 438 g/mol. The van der Waals surface area contributed by atoms with Gasteiger partial charge in [-0.1, -0.05) is 70.2 Å². The average molecular weight is 474 g/mol. The van der Waals surface area contributed by atoms with Gasteiger partial charge in [0.05, 0.1) is 17.7 Å². The van der Waals surface area contributed by atoms with E-state index >= 15 is 0 Å². The van der Waals surface area contributed by atoms with E-state index in [1.165, 1.54) is 10.5 Å². The molecule has 2 rings (SSSR count). The van der Waals surface area contributed by atoms with E-state index in [1.807, 2.05) is 19.1 Å². The second-order valence-electron chi connectivity index (χ2n) is 7.70. The zero-order chi connectivity index (χ0) is 23.7. The lowest BCUT2D eigenvalue weighted by Crippen LogP contribution is -2.14. The number of hydrogen-bond donors (Lipinski definition) is 1. The number of nitrogens with one attached hydrogen (secondary N) is 1. The highest BCUT2D eigenvalue weighted by Crippen LogP contribution is 2.34. The second-order valence-corrected chi connectivity index (χ2v) is 10.7. The SMILES string of the molecule is C=C(S/C(C)=C\CC)c1ccc(S(=O)(=O)Nc2cc(CCC)c(CCC)cc2OC)cc1. The monoisotopic (exact) mass is 473 g/mol. The minimum absolute atomic E-state index is 0.205. The van der Waals surface area contributed by atoms with Gasteiger partial charge in [-0.25, -0.2) is 8.42 Å². The van der Waals surface area contributed by atoms with Crippen molar-refractivity contribution in [3.63, 3.8) is 0 Å². The number of thioether (sulfide) groups is 1. The molecule has 2 aromatic rings. The Morgan fingerprint density at radius 1 is 1.06 bits per heavy atom. The molecule has 174 valence electrons. The van der Waals surface area contributed by atoms with Crippen molar-refractivity contribution in [3.05, 3.63) is 70.6 Å². The summed E-state index contributed by atoms with van der Waals surface area (Å²) in [5.74, 6) is 0.538. The average Bonchev–Trinajstić information content (AvgIpc) is 2.75. The Morgan fingerprint density at radius 3 is 2.19 bits per heavy atom. The molecule has 4 nitrogen and oxygen atoms in total. The molecule has 2 aromatic carbocycles. The highest BCUT2D eigenvalue weighted by Gasteiger charge is 2.19. The number of aryl methyl sites for hydroxylation is 2. The third-order valence-corrected chi connectivity index (χ3v) is 7.42. The van der Waals surface area contributed by atoms with Crippen molar-refractivity contribution >= 4 is 32.4 Å². The van der Waals surface area contributed by atoms with Gasteiger partial charge in [-0.2, -0.15) is 0 Å². The van der Waals surface area contributed by atoms with Crippen LogP contribution in [0.1, 0.15) is 63.6 Å². The standard InChI is InChI=1S/C26H35NO3S2/c1-7-10-19(4)31-20(5)21-13-15-24(16-14-21)32(28,29)27-25-17-22(11-8-2)23(12-9-3)18-26(25)30-6/h10,13-18,27H,5,7-9,11-12H2,1-4,6H3/b19-10-. The van der Waals surface area contributed by atoms with Crippen LogP contribution in [0.3, 0.4) is 0 Å². The number of hydrogen-bond acceptors (Lipinski definition) is 4. The second kappa shape index (κ2) is 12.2. The third kappa shape index (κ3) is 6.91. The summed E-state index contributed by atoms with van der Waals surface area (Å²) in [6.45, 7) is 12.5. The summed E-state index contributed by atoms with van der Waals surface area (Å²) in [7, 11) is -2.19. The maximum absolute atomic E-state index is 13.1. The zero-order valence-electron chi connectivity index (χ0n) is 19.8. The van der Waals surface area contributed by atoms with E-state index in [1.54, 1.807) is 43.1 Å². The molecule has 0 unspecified atom stereocenters. The number of anilines is 1. The predicted octanol–water partition coefficient (Wildman–Crippen LogP) is 7.42. The molecule has 6 heteroatoms. The van der Waals surface area contributed by atoms with Gasteiger partial charge in [0.15, 0.2) is 0 Å². The quantitative estimate of drug-likeness (QED) is 0.348. The Morgan fingerprint density at radius 2 is 1.66 bits per heavy atom. The normalized spacial score (nSPS) is 12.0. The van der Waals surface area contributed by atoms with Crippen molar-refractivity contribution in [2.75, 3.05) is 11.8 Å². The largest absolute Gasteiger partial charge is 0.495 e. The topological polar surface area (TPSA) is 55.4 Å². The minimum Gasteiger partial charge on any atom is -0.495 e. The Bertz CT molecular complexity index is 1060. The first-order valence-electron chi connectivity index (χ1n) is 11.1. The van der Waals surface area contributed by atoms with E-state index < -0.39 is 10.0 Å². The molecule has 0 amide bonds. The highest BCUT2D eigenvalue weighted by atomic mass is 32.2. The number of methoxy groups -OCH3 is 1. The van der Waals surface area contributed by atoms with Crippen LogP contribution in [0.25, 0.3) is 4.91 Å². The van der Waals surface area contributed by atoms with Crippen molar-refractivity contribution in [1.29, 1.82) is 0 Å². The van der Waals surface area contributed by atoms with Crippen molar-refractivity contribution in [2.24, 2.45) is 0 Å². The molecule has 0 aliphatic carbocycles. The molecule has 0 bridgehead atoms. The van der Waals surface area contributed by atoms with Crippen molar-refractivity contribution in [2.45, 2.75) is 64.7 Å². The fourth-order valence-corrected chi connectivity index (χ4v) is 5.48. The van der Waals surface area contributed by atoms with Crippen LogP contribution in [-0.4, -0.2) is 15.5 Å². The third-order valence-electron chi connectivity index (χ3n) is 5.07. The Balaban J connectivity index is 2.30. The first-order chi connectivity index (χ1) is 15.2. The maximum Gasteiger partial charge on any atom is 0.262 e. The van der Waals surface area contributed by atoms with Crippen molar-refractivity contribution in [1.82, 2.24) is 0 Å². The van der Waals surface area contributed by atoms with Crippen molar-refractivity contribution < 1.29 is 13.2 Å². The van der Waals surface area contributed by atoms with Crippen LogP contribution in [0, 0.1) is 0 Å². The van der Waals surface area contributed by atoms with Gasteiger partial charge in [-0.3, -0.25) is 4.72 Å². The van der Waals surface area contributed by atoms with Gasteiger partial charge in [0.25, 0.3) is 10.0 Å². The molecule has 32 heavy (non-hydrogen) atoms. The highest BCUT2D eigenvalue weighted by molar-refractivity contribution is 8.11. The van der Waals surface area contributed by atoms with Gasteiger partial charge in [0.1, 0.15) is 5.75 Å². The van der Waals surface area contributed by atoms with Gasteiger partial charge in [-0.05, 0) is 72.0 Å². The van der Waals surface area contributed by atoms with Crippen LogP contribution < -0.4 is 9.46 Å². The Hall–Kier alpha value is -2.18. The van der Waals surface area contributed by atoms with Crippen LogP contribution in [0.5, 0.6) is 5.75 Å². The Kier molecular flexibility index (Phi) is 9.91. The van der Waals surface area contributed by atoms with Crippen LogP contribution >= 0.6 is 11.8 Å². The summed E-state index contributed by atoms with van der Waals surface area (Å²) < 4.78 is 34.4. The lowest BCUT2D eigenvalue weighted by Gasteiger charge is -2.17. The fraction of sp³-hybridized carbons (Fsp3) is 0.385. The number of rotatable bonds is 12. The first kappa shape index (κ1) is 26.1. The van der Waals surface area contributed by atoms with Crippen LogP contribution in [0.2, 0.25) is 0 Å². The lowest BCUT2D eigenvalue weighted by atomic mass is 9.98. The van der Waals surface area contributed by atoms with Gasteiger partial charge in [-0.15, -0.1) is 0 Å². The molecule has 0 radical (unpaired) electrons. The van der Waals surface area contributed by atoms with E-state index in [4.69, 9.17) is 4.74 Å². The fourth-order valence-electron chi connectivity index (χ4n) is 3.53. The molecule has 0 aliphatic heterocycles. The molecular formula is C26H35NO3S2. The van der Waals surface area contributed by atoms with Gasteiger partial charge >= 0.3 is 0 Å². The smallest absolute Gasteiger partial charge is 0.262 e. The summed E-state index contributed by atoms with van der Waals surface area (Å²) in [6.07, 6.45) is 6.96. The first-order valence-corrected chi connectivity index (χ1v) is 13.4. The maximum atomic E-state index is 13.1. The van der Waals surface area contributed by atoms with E-state index in [2.05, 4.69) is 38.1 Å². The molecule has 0 atom stereocenters. The molecule has 0 spiro atoms. The number of allylic oxidation sites excluding steroid dienone is 2. The molecule has 0 fully saturated rings. The van der Waals surface area contributed by atoms with E-state index in [0.29, 0.717) is 11.4 Å². The van der Waals surface area contributed by atoms with Gasteiger partial charge < -0.3 is 4.74 Å². The number of ether oxygens (including phenoxy) is 1. The summed E-state index contributed by atoms with van der Waals surface area (Å²) in [6, 6.07) is 10.7. The minimum atomic E-state index is -3.75. The molecule has 0 aliphatic rings. The van der Waals surface area contributed by atoms with Crippen LogP contribution in [0.15, 0.2) is 58.9 Å². The summed E-state index contributed by atoms with van der Waals surface area (Å²) >= 11 is 1.59. The van der Waals surface area contributed by atoms with Crippen molar-refractivity contribution in [3.8, 4) is 5.75 Å². The zero-order valence-corrected chi connectivity index (χ0v) is 21.5. The van der Waals surface area contributed by atoms with Crippen LogP contribution in [0.4, 0.5) is 5.69 Å². The van der Waals surface area contributed by atoms with Crippen LogP contribution in [-0.2, 0) is 22.9 Å². The Labute approximate surface area is 198 Å². The predicted molar refractivity (Wildman–Crippen MR) is 139 cm³/mol. The molecule has 0 saturated heterocycles. The molecule has 0 heterocycles. The van der Waals surface area contributed by atoms with E-state index in [0.717, 1.165) is 48.1 Å². The molecule has 0 aromatic heterocycles. The summed E-state index contributed by atoms with van der Waals surface area (Å²) in [5, 5.41) is 0. The summed E-state index contributed by atoms with van der Waals surface area (Å²) in [4.78, 5) is 2.27.